The van der Waals surface area contributed by atoms with E-state index in [0.717, 1.165) is 10.7 Å². The second-order valence-electron chi connectivity index (χ2n) is 3.53. The van der Waals surface area contributed by atoms with Gasteiger partial charge >= 0.3 is 6.03 Å². The van der Waals surface area contributed by atoms with Gasteiger partial charge in [-0.1, -0.05) is 0 Å². The topological polar surface area (TPSA) is 74.2 Å². The third kappa shape index (κ3) is 4.16. The molecule has 0 aliphatic rings. The summed E-state index contributed by atoms with van der Waals surface area (Å²) < 4.78 is 0. The molecule has 0 radical (unpaired) electrons. The average molecular weight is 243 g/mol. The Hall–Kier alpha value is -1.14. The zero-order valence-corrected chi connectivity index (χ0v) is 10.3. The number of hydrogen-bond acceptors (Lipinski definition) is 4. The molecule has 1 rings (SSSR count). The number of aliphatic hydroxyl groups is 1. The van der Waals surface area contributed by atoms with Crippen LogP contribution < -0.4 is 10.6 Å². The third-order valence-electron chi connectivity index (χ3n) is 1.98. The maximum atomic E-state index is 11.4. The fraction of sp³-hybridized carbons (Fsp3) is 0.600. The monoisotopic (exact) mass is 243 g/mol. The molecule has 1 atom stereocenters. The van der Waals surface area contributed by atoms with Crippen molar-refractivity contribution in [2.75, 3.05) is 13.2 Å². The summed E-state index contributed by atoms with van der Waals surface area (Å²) in [5.74, 6) is 0. The van der Waals surface area contributed by atoms with Gasteiger partial charge in [0, 0.05) is 24.2 Å². The number of hydrogen-bond donors (Lipinski definition) is 3. The molecule has 0 saturated heterocycles. The molecule has 0 aromatic carbocycles. The molecule has 0 aliphatic heterocycles. The van der Waals surface area contributed by atoms with E-state index in [2.05, 4.69) is 15.6 Å². The first-order valence-corrected chi connectivity index (χ1v) is 6.08. The summed E-state index contributed by atoms with van der Waals surface area (Å²) in [4.78, 5) is 15.7. The Balaban J connectivity index is 2.33. The van der Waals surface area contributed by atoms with Gasteiger partial charge in [-0.3, -0.25) is 0 Å². The van der Waals surface area contributed by atoms with E-state index in [1.165, 1.54) is 11.3 Å². The van der Waals surface area contributed by atoms with Crippen molar-refractivity contribution < 1.29 is 9.90 Å². The lowest BCUT2D eigenvalue weighted by atomic mass is 10.3. The smallest absolute Gasteiger partial charge is 0.315 e. The highest BCUT2D eigenvalue weighted by Gasteiger charge is 2.11. The Morgan fingerprint density at radius 1 is 1.69 bits per heavy atom. The molecule has 1 heterocycles. The van der Waals surface area contributed by atoms with Crippen LogP contribution in [-0.4, -0.2) is 29.3 Å². The van der Waals surface area contributed by atoms with E-state index >= 15 is 0 Å². The molecule has 1 aromatic rings. The van der Waals surface area contributed by atoms with Crippen LogP contribution in [0.2, 0.25) is 0 Å². The van der Waals surface area contributed by atoms with Gasteiger partial charge in [-0.25, -0.2) is 9.78 Å². The average Bonchev–Trinajstić information content (AvgIpc) is 2.65. The summed E-state index contributed by atoms with van der Waals surface area (Å²) in [5.41, 5.74) is 0.967. The highest BCUT2D eigenvalue weighted by Crippen LogP contribution is 2.16. The van der Waals surface area contributed by atoms with Gasteiger partial charge in [0.15, 0.2) is 0 Å². The fourth-order valence-corrected chi connectivity index (χ4v) is 1.97. The van der Waals surface area contributed by atoms with Crippen LogP contribution in [0.15, 0.2) is 5.38 Å². The molecule has 90 valence electrons. The van der Waals surface area contributed by atoms with E-state index in [0.29, 0.717) is 13.0 Å². The van der Waals surface area contributed by atoms with Gasteiger partial charge in [-0.2, -0.15) is 0 Å². The minimum absolute atomic E-state index is 0.0848. The summed E-state index contributed by atoms with van der Waals surface area (Å²) >= 11 is 1.53. The lowest BCUT2D eigenvalue weighted by Gasteiger charge is -2.11. The molecule has 0 fully saturated rings. The van der Waals surface area contributed by atoms with Crippen LogP contribution in [0, 0.1) is 6.92 Å². The molecule has 0 bridgehead atoms. The van der Waals surface area contributed by atoms with Crippen molar-refractivity contribution in [1.82, 2.24) is 15.6 Å². The Labute approximate surface area is 98.9 Å². The van der Waals surface area contributed by atoms with E-state index in [9.17, 15) is 4.79 Å². The SMILES string of the molecule is Cc1csc(C(C)NC(=O)NCCCO)n1. The van der Waals surface area contributed by atoms with Crippen molar-refractivity contribution in [3.63, 3.8) is 0 Å². The molecule has 1 unspecified atom stereocenters. The highest BCUT2D eigenvalue weighted by atomic mass is 32.1. The third-order valence-corrected chi connectivity index (χ3v) is 3.12. The van der Waals surface area contributed by atoms with Crippen molar-refractivity contribution in [3.05, 3.63) is 16.1 Å². The maximum Gasteiger partial charge on any atom is 0.315 e. The van der Waals surface area contributed by atoms with Gasteiger partial charge in [-0.05, 0) is 20.3 Å². The summed E-state index contributed by atoms with van der Waals surface area (Å²) in [7, 11) is 0. The Bertz CT molecular complexity index is 341. The molecular weight excluding hydrogens is 226 g/mol. The number of aliphatic hydroxyl groups excluding tert-OH is 1. The second-order valence-corrected chi connectivity index (χ2v) is 4.42. The van der Waals surface area contributed by atoms with Crippen LogP contribution in [-0.2, 0) is 0 Å². The number of aromatic nitrogens is 1. The molecule has 2 amide bonds. The molecule has 1 aromatic heterocycles. The first-order chi connectivity index (χ1) is 7.63. The zero-order chi connectivity index (χ0) is 12.0. The van der Waals surface area contributed by atoms with Gasteiger partial charge in [-0.15, -0.1) is 11.3 Å². The molecule has 16 heavy (non-hydrogen) atoms. The molecule has 0 saturated carbocycles. The Morgan fingerprint density at radius 3 is 3.00 bits per heavy atom. The number of nitrogens with one attached hydrogen (secondary N) is 2. The minimum atomic E-state index is -0.228. The number of carbonyl (C=O) groups excluding carboxylic acids is 1. The largest absolute Gasteiger partial charge is 0.396 e. The molecule has 0 spiro atoms. The predicted molar refractivity (Wildman–Crippen MR) is 63.5 cm³/mol. The number of thiazole rings is 1. The lowest BCUT2D eigenvalue weighted by Crippen LogP contribution is -2.37. The van der Waals surface area contributed by atoms with E-state index in [4.69, 9.17) is 5.11 Å². The van der Waals surface area contributed by atoms with Gasteiger partial charge in [0.1, 0.15) is 5.01 Å². The van der Waals surface area contributed by atoms with Crippen LogP contribution in [0.3, 0.4) is 0 Å². The number of nitrogens with zero attached hydrogens (tertiary/aromatic N) is 1. The van der Waals surface area contributed by atoms with Gasteiger partial charge < -0.3 is 15.7 Å². The van der Waals surface area contributed by atoms with E-state index in [-0.39, 0.29) is 18.7 Å². The van der Waals surface area contributed by atoms with E-state index in [1.54, 1.807) is 0 Å². The Kier molecular flexibility index (Phi) is 5.21. The quantitative estimate of drug-likeness (QED) is 0.680. The zero-order valence-electron chi connectivity index (χ0n) is 9.49. The van der Waals surface area contributed by atoms with Gasteiger partial charge in [0.25, 0.3) is 0 Å². The summed E-state index contributed by atoms with van der Waals surface area (Å²) in [6.45, 7) is 4.38. The van der Waals surface area contributed by atoms with Gasteiger partial charge in [0.2, 0.25) is 0 Å². The number of rotatable bonds is 5. The van der Waals surface area contributed by atoms with Crippen LogP contribution >= 0.6 is 11.3 Å². The van der Waals surface area contributed by atoms with Crippen LogP contribution in [0.1, 0.15) is 30.1 Å². The molecule has 5 nitrogen and oxygen atoms in total. The van der Waals surface area contributed by atoms with E-state index < -0.39 is 0 Å². The fourth-order valence-electron chi connectivity index (χ4n) is 1.16. The van der Waals surface area contributed by atoms with Crippen LogP contribution in [0.4, 0.5) is 4.79 Å². The van der Waals surface area contributed by atoms with Crippen LogP contribution in [0.25, 0.3) is 0 Å². The first kappa shape index (κ1) is 12.9. The maximum absolute atomic E-state index is 11.4. The molecule has 3 N–H and O–H groups in total. The molecule has 6 heteroatoms. The van der Waals surface area contributed by atoms with Crippen LogP contribution in [0.5, 0.6) is 0 Å². The minimum Gasteiger partial charge on any atom is -0.396 e. The van der Waals surface area contributed by atoms with Crippen molar-refractivity contribution in [2.45, 2.75) is 26.3 Å². The lowest BCUT2D eigenvalue weighted by molar-refractivity contribution is 0.235. The number of amides is 2. The van der Waals surface area contributed by atoms with E-state index in [1.807, 2.05) is 19.2 Å². The van der Waals surface area contributed by atoms with Crippen molar-refractivity contribution >= 4 is 17.4 Å². The number of carbonyl (C=O) groups is 1. The predicted octanol–water partition coefficient (Wildman–Crippen LogP) is 1.19. The summed E-state index contributed by atoms with van der Waals surface area (Å²) in [6, 6.07) is -0.318. The number of urea groups is 1. The van der Waals surface area contributed by atoms with Crippen molar-refractivity contribution in [3.8, 4) is 0 Å². The highest BCUT2D eigenvalue weighted by molar-refractivity contribution is 7.09. The summed E-state index contributed by atoms with van der Waals surface area (Å²) in [6.07, 6.45) is 0.568. The first-order valence-electron chi connectivity index (χ1n) is 5.20. The summed E-state index contributed by atoms with van der Waals surface area (Å²) in [5, 5.41) is 16.9. The molecule has 0 aliphatic carbocycles. The Morgan fingerprint density at radius 2 is 2.44 bits per heavy atom. The van der Waals surface area contributed by atoms with Crippen molar-refractivity contribution in [2.24, 2.45) is 0 Å². The molecular formula is C10H17N3O2S. The normalized spacial score (nSPS) is 12.2. The number of aryl methyl sites for hydroxylation is 1. The van der Waals surface area contributed by atoms with Crippen molar-refractivity contribution in [1.29, 1.82) is 0 Å². The second kappa shape index (κ2) is 6.44. The van der Waals surface area contributed by atoms with Gasteiger partial charge in [0.05, 0.1) is 6.04 Å². The standard InChI is InChI=1S/C10H17N3O2S/c1-7-6-16-9(12-7)8(2)13-10(15)11-4-3-5-14/h6,8,14H,3-5H2,1-2H3,(H2,11,13,15).